The summed E-state index contributed by atoms with van der Waals surface area (Å²) in [7, 11) is -2.31. The lowest BCUT2D eigenvalue weighted by atomic mass is 10.1. The van der Waals surface area contributed by atoms with Crippen LogP contribution in [0.5, 0.6) is 0 Å². The quantitative estimate of drug-likeness (QED) is 0.775. The molecule has 0 unspecified atom stereocenters. The van der Waals surface area contributed by atoms with Crippen LogP contribution in [0.25, 0.3) is 0 Å². The highest BCUT2D eigenvalue weighted by molar-refractivity contribution is 7.92. The third-order valence-electron chi connectivity index (χ3n) is 3.97. The molecule has 28 heavy (non-hydrogen) atoms. The average molecular weight is 421 g/mol. The number of amides is 2. The minimum absolute atomic E-state index is 0.0654. The zero-order chi connectivity index (χ0) is 20.3. The van der Waals surface area contributed by atoms with Crippen molar-refractivity contribution in [2.75, 3.05) is 17.1 Å². The van der Waals surface area contributed by atoms with E-state index in [0.717, 1.165) is 5.01 Å². The molecule has 0 aliphatic carbocycles. The number of hydrazone groups is 1. The molecule has 2 N–H and O–H groups in total. The Hall–Kier alpha value is -2.91. The topological polar surface area (TPSA) is 108 Å². The zero-order valence-corrected chi connectivity index (χ0v) is 16.4. The van der Waals surface area contributed by atoms with E-state index in [4.69, 9.17) is 11.6 Å². The van der Waals surface area contributed by atoms with Gasteiger partial charge in [0.1, 0.15) is 5.71 Å². The monoisotopic (exact) mass is 420 g/mol. The van der Waals surface area contributed by atoms with E-state index in [1.165, 1.54) is 37.4 Å². The second-order valence-electron chi connectivity index (χ2n) is 6.06. The molecule has 10 heteroatoms. The molecule has 0 fully saturated rings. The van der Waals surface area contributed by atoms with Gasteiger partial charge in [-0.2, -0.15) is 5.10 Å². The molecule has 0 bridgehead atoms. The van der Waals surface area contributed by atoms with Gasteiger partial charge in [-0.25, -0.2) is 13.4 Å². The molecule has 3 rings (SSSR count). The van der Waals surface area contributed by atoms with Gasteiger partial charge < -0.3 is 5.32 Å². The van der Waals surface area contributed by atoms with E-state index in [1.54, 1.807) is 18.2 Å². The van der Waals surface area contributed by atoms with Crippen molar-refractivity contribution in [3.8, 4) is 0 Å². The smallest absolute Gasteiger partial charge is 0.271 e. The van der Waals surface area contributed by atoms with Gasteiger partial charge in [0.15, 0.2) is 0 Å². The van der Waals surface area contributed by atoms with Crippen LogP contribution < -0.4 is 10.0 Å². The number of hydrogen-bond acceptors (Lipinski definition) is 5. The molecular weight excluding hydrogens is 404 g/mol. The van der Waals surface area contributed by atoms with E-state index in [0.29, 0.717) is 10.7 Å². The van der Waals surface area contributed by atoms with Gasteiger partial charge in [0, 0.05) is 30.6 Å². The first-order chi connectivity index (χ1) is 13.2. The summed E-state index contributed by atoms with van der Waals surface area (Å²) in [5.41, 5.74) is 0.906. The number of nitrogens with zero attached hydrogens (tertiary/aromatic N) is 2. The van der Waals surface area contributed by atoms with Gasteiger partial charge >= 0.3 is 0 Å². The van der Waals surface area contributed by atoms with Crippen LogP contribution in [0.15, 0.2) is 58.5 Å². The zero-order valence-electron chi connectivity index (χ0n) is 14.8. The van der Waals surface area contributed by atoms with E-state index in [9.17, 15) is 18.0 Å². The van der Waals surface area contributed by atoms with Crippen LogP contribution in [0.3, 0.4) is 0 Å². The van der Waals surface area contributed by atoms with Gasteiger partial charge in [0.25, 0.3) is 15.9 Å². The Kier molecular flexibility index (Phi) is 5.66. The van der Waals surface area contributed by atoms with Crippen LogP contribution in [0, 0.1) is 0 Å². The second kappa shape index (κ2) is 7.99. The van der Waals surface area contributed by atoms with Crippen molar-refractivity contribution in [3.63, 3.8) is 0 Å². The molecule has 0 atom stereocenters. The molecule has 146 valence electrons. The Morgan fingerprint density at radius 2 is 1.79 bits per heavy atom. The van der Waals surface area contributed by atoms with Crippen LogP contribution in [0.4, 0.5) is 11.4 Å². The summed E-state index contributed by atoms with van der Waals surface area (Å²) in [5, 5.41) is 8.18. The van der Waals surface area contributed by atoms with Crippen LogP contribution >= 0.6 is 11.6 Å². The van der Waals surface area contributed by atoms with Crippen molar-refractivity contribution in [2.45, 2.75) is 17.7 Å². The lowest BCUT2D eigenvalue weighted by Gasteiger charge is -2.19. The number of carbonyl (C=O) groups excluding carboxylic acids is 2. The highest BCUT2D eigenvalue weighted by Crippen LogP contribution is 2.21. The first kappa shape index (κ1) is 19.8. The van der Waals surface area contributed by atoms with Crippen LogP contribution in [0.2, 0.25) is 5.02 Å². The molecule has 2 amide bonds. The summed E-state index contributed by atoms with van der Waals surface area (Å²) in [5.74, 6) is -0.604. The molecule has 0 saturated carbocycles. The molecule has 0 saturated heterocycles. The average Bonchev–Trinajstić information content (AvgIpc) is 2.64. The Bertz CT molecular complexity index is 1050. The van der Waals surface area contributed by atoms with Crippen LogP contribution in [-0.2, 0) is 19.6 Å². The Morgan fingerprint density at radius 1 is 1.11 bits per heavy atom. The molecule has 1 heterocycles. The Morgan fingerprint density at radius 3 is 2.46 bits per heavy atom. The summed E-state index contributed by atoms with van der Waals surface area (Å²) in [4.78, 5) is 23.9. The van der Waals surface area contributed by atoms with Gasteiger partial charge in [-0.3, -0.25) is 14.3 Å². The highest BCUT2D eigenvalue weighted by atomic mass is 35.5. The van der Waals surface area contributed by atoms with Crippen molar-refractivity contribution in [1.82, 2.24) is 5.01 Å². The van der Waals surface area contributed by atoms with Crippen molar-refractivity contribution in [1.29, 1.82) is 0 Å². The normalized spacial score (nSPS) is 14.4. The molecule has 0 spiro atoms. The Balaban J connectivity index is 1.74. The second-order valence-corrected chi connectivity index (χ2v) is 8.18. The minimum atomic E-state index is -3.80. The molecule has 1 aliphatic rings. The number of benzene rings is 2. The number of halogens is 1. The lowest BCUT2D eigenvalue weighted by Crippen LogP contribution is -2.34. The number of hydrogen-bond donors (Lipinski definition) is 2. The third-order valence-corrected chi connectivity index (χ3v) is 5.62. The predicted molar refractivity (Wildman–Crippen MR) is 107 cm³/mol. The fourth-order valence-electron chi connectivity index (χ4n) is 2.52. The summed E-state index contributed by atoms with van der Waals surface area (Å²) >= 11 is 5.79. The van der Waals surface area contributed by atoms with Gasteiger partial charge in [-0.1, -0.05) is 17.7 Å². The molecule has 2 aromatic rings. The van der Waals surface area contributed by atoms with E-state index >= 15 is 0 Å². The molecule has 0 radical (unpaired) electrons. The number of anilines is 2. The number of sulfonamides is 1. The molecular formula is C18H17ClN4O4S. The molecule has 0 aromatic heterocycles. The minimum Gasteiger partial charge on any atom is -0.321 e. The maximum absolute atomic E-state index is 12.5. The largest absolute Gasteiger partial charge is 0.321 e. The molecule has 8 nitrogen and oxygen atoms in total. The lowest BCUT2D eigenvalue weighted by molar-refractivity contribution is -0.130. The first-order valence-corrected chi connectivity index (χ1v) is 10.1. The van der Waals surface area contributed by atoms with Crippen molar-refractivity contribution in [2.24, 2.45) is 5.10 Å². The number of carbonyl (C=O) groups is 2. The van der Waals surface area contributed by atoms with E-state index in [1.807, 2.05) is 0 Å². The van der Waals surface area contributed by atoms with Crippen LogP contribution in [-0.4, -0.2) is 38.0 Å². The fraction of sp³-hybridized carbons (Fsp3) is 0.167. The number of nitrogens with one attached hydrogen (secondary N) is 2. The molecule has 2 aromatic carbocycles. The summed E-state index contributed by atoms with van der Waals surface area (Å²) in [6, 6.07) is 12.0. The van der Waals surface area contributed by atoms with Crippen molar-refractivity contribution >= 4 is 50.5 Å². The summed E-state index contributed by atoms with van der Waals surface area (Å²) in [6.45, 7) is 0. The van der Waals surface area contributed by atoms with E-state index in [2.05, 4.69) is 15.1 Å². The van der Waals surface area contributed by atoms with Gasteiger partial charge in [-0.05, 0) is 42.5 Å². The van der Waals surface area contributed by atoms with Crippen molar-refractivity contribution in [3.05, 3.63) is 53.6 Å². The van der Waals surface area contributed by atoms with E-state index in [-0.39, 0.29) is 35.0 Å². The van der Waals surface area contributed by atoms with Gasteiger partial charge in [0.2, 0.25) is 5.91 Å². The standard InChI is InChI=1S/C18H17ClN4O4S/c1-23-17(24)10-9-16(21-23)18(25)20-13-3-2-4-14(11-13)22-28(26,27)15-7-5-12(19)6-8-15/h2-8,11,22H,9-10H2,1H3,(H,20,25). The van der Waals surface area contributed by atoms with Crippen LogP contribution in [0.1, 0.15) is 12.8 Å². The fourth-order valence-corrected chi connectivity index (χ4v) is 3.70. The SMILES string of the molecule is CN1N=C(C(=O)Nc2cccc(NS(=O)(=O)c3ccc(Cl)cc3)c2)CCC1=O. The molecule has 1 aliphatic heterocycles. The van der Waals surface area contributed by atoms with Gasteiger partial charge in [-0.15, -0.1) is 0 Å². The predicted octanol–water partition coefficient (Wildman–Crippen LogP) is 2.69. The Labute approximate surface area is 167 Å². The summed E-state index contributed by atoms with van der Waals surface area (Å²) < 4.78 is 27.4. The number of rotatable bonds is 5. The van der Waals surface area contributed by atoms with Gasteiger partial charge in [0.05, 0.1) is 10.6 Å². The third kappa shape index (κ3) is 4.68. The van der Waals surface area contributed by atoms with E-state index < -0.39 is 15.9 Å². The maximum Gasteiger partial charge on any atom is 0.271 e. The summed E-state index contributed by atoms with van der Waals surface area (Å²) in [6.07, 6.45) is 0.460. The first-order valence-electron chi connectivity index (χ1n) is 8.28. The maximum atomic E-state index is 12.5. The highest BCUT2D eigenvalue weighted by Gasteiger charge is 2.22. The van der Waals surface area contributed by atoms with Crippen molar-refractivity contribution < 1.29 is 18.0 Å².